The molecule has 1 nitrogen and oxygen atoms in total. The first-order chi connectivity index (χ1) is 8.02. The first-order valence-electron chi connectivity index (χ1n) is 4.95. The molecule has 2 aromatic rings. The van der Waals surface area contributed by atoms with Crippen molar-refractivity contribution < 1.29 is 8.78 Å². The molecular weight excluding hydrogens is 308 g/mol. The Hall–Kier alpha value is -0.780. The van der Waals surface area contributed by atoms with E-state index in [1.807, 2.05) is 18.4 Å². The Kier molecular flexibility index (Phi) is 3.61. The molecular formula is C12H10BrF2NS. The summed E-state index contributed by atoms with van der Waals surface area (Å²) in [7, 11) is 0. The molecule has 0 aliphatic rings. The molecule has 0 radical (unpaired) electrons. The van der Waals surface area contributed by atoms with Gasteiger partial charge in [0.1, 0.15) is 0 Å². The van der Waals surface area contributed by atoms with Crippen molar-refractivity contribution in [1.82, 2.24) is 0 Å². The third-order valence-electron chi connectivity index (χ3n) is 2.58. The zero-order valence-electron chi connectivity index (χ0n) is 9.01. The minimum atomic E-state index is -0.896. The van der Waals surface area contributed by atoms with Gasteiger partial charge in [-0.3, -0.25) is 0 Å². The van der Waals surface area contributed by atoms with Crippen LogP contribution in [0.3, 0.4) is 0 Å². The van der Waals surface area contributed by atoms with E-state index in [2.05, 4.69) is 15.9 Å². The van der Waals surface area contributed by atoms with E-state index in [9.17, 15) is 8.78 Å². The molecule has 0 aliphatic carbocycles. The van der Waals surface area contributed by atoms with Crippen molar-refractivity contribution >= 4 is 27.3 Å². The van der Waals surface area contributed by atoms with Gasteiger partial charge in [0.15, 0.2) is 11.6 Å². The maximum absolute atomic E-state index is 13.4. The number of halogens is 3. The molecule has 0 fully saturated rings. The number of hydrogen-bond donors (Lipinski definition) is 1. The van der Waals surface area contributed by atoms with E-state index in [1.54, 1.807) is 0 Å². The van der Waals surface area contributed by atoms with Crippen LogP contribution in [0.1, 0.15) is 22.0 Å². The third-order valence-corrected chi connectivity index (χ3v) is 4.49. The molecule has 1 unspecified atom stereocenters. The summed E-state index contributed by atoms with van der Waals surface area (Å²) < 4.78 is 26.5. The lowest BCUT2D eigenvalue weighted by Gasteiger charge is -2.14. The lowest BCUT2D eigenvalue weighted by molar-refractivity contribution is 0.501. The normalized spacial score (nSPS) is 12.8. The van der Waals surface area contributed by atoms with Gasteiger partial charge >= 0.3 is 0 Å². The van der Waals surface area contributed by atoms with Crippen molar-refractivity contribution in [2.75, 3.05) is 0 Å². The van der Waals surface area contributed by atoms with E-state index in [1.165, 1.54) is 17.4 Å². The van der Waals surface area contributed by atoms with E-state index in [0.717, 1.165) is 16.5 Å². The Morgan fingerprint density at radius 3 is 2.59 bits per heavy atom. The molecule has 0 saturated heterocycles. The van der Waals surface area contributed by atoms with Gasteiger partial charge in [0.05, 0.1) is 10.5 Å². The maximum atomic E-state index is 13.4. The fourth-order valence-corrected chi connectivity index (χ4v) is 3.14. The van der Waals surface area contributed by atoms with Crippen LogP contribution in [0.15, 0.2) is 28.1 Å². The maximum Gasteiger partial charge on any atom is 0.173 e. The molecule has 1 atom stereocenters. The van der Waals surface area contributed by atoms with Crippen LogP contribution in [0.2, 0.25) is 0 Å². The van der Waals surface area contributed by atoms with Crippen molar-refractivity contribution in [3.8, 4) is 0 Å². The summed E-state index contributed by atoms with van der Waals surface area (Å²) in [4.78, 5) is 0.955. The minimum absolute atomic E-state index is 0.0952. The average Bonchev–Trinajstić information content (AvgIpc) is 2.72. The number of aryl methyl sites for hydroxylation is 1. The molecule has 0 bridgehead atoms. The van der Waals surface area contributed by atoms with Gasteiger partial charge in [-0.2, -0.15) is 0 Å². The van der Waals surface area contributed by atoms with Gasteiger partial charge in [-0.15, -0.1) is 11.3 Å². The van der Waals surface area contributed by atoms with E-state index in [-0.39, 0.29) is 4.47 Å². The second-order valence-electron chi connectivity index (χ2n) is 3.71. The monoisotopic (exact) mass is 317 g/mol. The fourth-order valence-electron chi connectivity index (χ4n) is 1.63. The molecule has 0 spiro atoms. The zero-order chi connectivity index (χ0) is 12.6. The molecule has 2 N–H and O–H groups in total. The van der Waals surface area contributed by atoms with Gasteiger partial charge in [-0.25, -0.2) is 8.78 Å². The molecule has 1 heterocycles. The van der Waals surface area contributed by atoms with Crippen LogP contribution in [-0.2, 0) is 0 Å². The molecule has 0 saturated carbocycles. The Balaban J connectivity index is 2.48. The summed E-state index contributed by atoms with van der Waals surface area (Å²) >= 11 is 4.56. The summed E-state index contributed by atoms with van der Waals surface area (Å²) in [5.74, 6) is -1.78. The average molecular weight is 318 g/mol. The highest BCUT2D eigenvalue weighted by Gasteiger charge is 2.19. The second-order valence-corrected chi connectivity index (χ2v) is 5.45. The Bertz CT molecular complexity index is 553. The Labute approximate surface area is 110 Å². The highest BCUT2D eigenvalue weighted by Crippen LogP contribution is 2.33. The van der Waals surface area contributed by atoms with Crippen LogP contribution in [0.25, 0.3) is 0 Å². The van der Waals surface area contributed by atoms with Crippen LogP contribution in [0.5, 0.6) is 0 Å². The van der Waals surface area contributed by atoms with Crippen LogP contribution in [0.4, 0.5) is 8.78 Å². The van der Waals surface area contributed by atoms with Crippen molar-refractivity contribution in [3.63, 3.8) is 0 Å². The largest absolute Gasteiger partial charge is 0.320 e. The summed E-state index contributed by atoms with van der Waals surface area (Å²) in [6.07, 6.45) is 0. The van der Waals surface area contributed by atoms with E-state index in [4.69, 9.17) is 5.73 Å². The fraction of sp³-hybridized carbons (Fsp3) is 0.167. The number of benzene rings is 1. The lowest BCUT2D eigenvalue weighted by atomic mass is 10.0. The topological polar surface area (TPSA) is 26.0 Å². The second kappa shape index (κ2) is 4.84. The number of hydrogen-bond acceptors (Lipinski definition) is 2. The van der Waals surface area contributed by atoms with Gasteiger partial charge in [0.25, 0.3) is 0 Å². The Morgan fingerprint density at radius 1 is 1.29 bits per heavy atom. The zero-order valence-corrected chi connectivity index (χ0v) is 11.4. The first kappa shape index (κ1) is 12.7. The summed E-state index contributed by atoms with van der Waals surface area (Å²) in [6.45, 7) is 1.94. The van der Waals surface area contributed by atoms with Crippen molar-refractivity contribution in [2.24, 2.45) is 5.73 Å². The lowest BCUT2D eigenvalue weighted by Crippen LogP contribution is -2.13. The van der Waals surface area contributed by atoms with E-state index >= 15 is 0 Å². The van der Waals surface area contributed by atoms with Gasteiger partial charge in [-0.05, 0) is 51.5 Å². The summed E-state index contributed by atoms with van der Waals surface area (Å²) in [6, 6.07) is 4.11. The van der Waals surface area contributed by atoms with Crippen LogP contribution < -0.4 is 5.73 Å². The standard InChI is InChI=1S/C12H10BrF2NS/c1-6-4-5-17-12(6)11(16)7-2-3-8(14)10(15)9(7)13/h2-5,11H,16H2,1H3. The quantitative estimate of drug-likeness (QED) is 0.827. The molecule has 0 aliphatic heterocycles. The molecule has 90 valence electrons. The van der Waals surface area contributed by atoms with Gasteiger partial charge in [0, 0.05) is 4.88 Å². The molecule has 17 heavy (non-hydrogen) atoms. The number of thiophene rings is 1. The number of nitrogens with two attached hydrogens (primary N) is 1. The van der Waals surface area contributed by atoms with E-state index < -0.39 is 17.7 Å². The SMILES string of the molecule is Cc1ccsc1C(N)c1ccc(F)c(F)c1Br. The highest BCUT2D eigenvalue weighted by molar-refractivity contribution is 9.10. The van der Waals surface area contributed by atoms with Gasteiger partial charge in [-0.1, -0.05) is 6.07 Å². The highest BCUT2D eigenvalue weighted by atomic mass is 79.9. The van der Waals surface area contributed by atoms with Gasteiger partial charge < -0.3 is 5.73 Å². The molecule has 1 aromatic heterocycles. The van der Waals surface area contributed by atoms with E-state index in [0.29, 0.717) is 5.56 Å². The summed E-state index contributed by atoms with van der Waals surface area (Å²) in [5, 5.41) is 1.93. The predicted molar refractivity (Wildman–Crippen MR) is 69.1 cm³/mol. The Morgan fingerprint density at radius 2 is 2.00 bits per heavy atom. The van der Waals surface area contributed by atoms with Crippen LogP contribution in [-0.4, -0.2) is 0 Å². The first-order valence-corrected chi connectivity index (χ1v) is 6.62. The minimum Gasteiger partial charge on any atom is -0.320 e. The predicted octanol–water partition coefficient (Wildman–Crippen LogP) is 4.15. The molecule has 5 heteroatoms. The van der Waals surface area contributed by atoms with Crippen molar-refractivity contribution in [1.29, 1.82) is 0 Å². The number of rotatable bonds is 2. The summed E-state index contributed by atoms with van der Waals surface area (Å²) in [5.41, 5.74) is 7.68. The molecule has 2 rings (SSSR count). The molecule has 0 amide bonds. The van der Waals surface area contributed by atoms with Crippen LogP contribution in [0, 0.1) is 18.6 Å². The molecule has 1 aromatic carbocycles. The van der Waals surface area contributed by atoms with Crippen molar-refractivity contribution in [3.05, 3.63) is 55.7 Å². The van der Waals surface area contributed by atoms with Crippen molar-refractivity contribution in [2.45, 2.75) is 13.0 Å². The third kappa shape index (κ3) is 2.27. The van der Waals surface area contributed by atoms with Gasteiger partial charge in [0.2, 0.25) is 0 Å². The van der Waals surface area contributed by atoms with Crippen LogP contribution >= 0.6 is 27.3 Å². The smallest absolute Gasteiger partial charge is 0.173 e.